The van der Waals surface area contributed by atoms with Gasteiger partial charge in [-0.3, -0.25) is 4.72 Å². The van der Waals surface area contributed by atoms with Crippen LogP contribution in [0.4, 0.5) is 5.69 Å². The first-order valence-corrected chi connectivity index (χ1v) is 12.0. The Morgan fingerprint density at radius 1 is 1.08 bits per heavy atom. The average molecular weight is 395 g/mol. The molecule has 0 aliphatic carbocycles. The molecular weight excluding hydrogens is 364 g/mol. The summed E-state index contributed by atoms with van der Waals surface area (Å²) in [4.78, 5) is 1.47. The second-order valence-corrected chi connectivity index (χ2v) is 9.54. The SMILES string of the molecule is CCNCC(CCCc1cccs1)CCc1ccc(NS(C)(=O)=O)cc1. The van der Waals surface area contributed by atoms with Crippen molar-refractivity contribution in [1.82, 2.24) is 5.32 Å². The lowest BCUT2D eigenvalue weighted by atomic mass is 9.94. The van der Waals surface area contributed by atoms with Gasteiger partial charge in [0.2, 0.25) is 10.0 Å². The van der Waals surface area contributed by atoms with Gasteiger partial charge in [-0.25, -0.2) is 8.42 Å². The molecule has 6 heteroatoms. The van der Waals surface area contributed by atoms with E-state index in [1.807, 2.05) is 35.6 Å². The summed E-state index contributed by atoms with van der Waals surface area (Å²) in [6, 6.07) is 12.1. The number of anilines is 1. The molecule has 0 aliphatic rings. The van der Waals surface area contributed by atoms with Crippen LogP contribution in [0.2, 0.25) is 0 Å². The summed E-state index contributed by atoms with van der Waals surface area (Å²) >= 11 is 1.84. The molecule has 0 fully saturated rings. The molecule has 1 aromatic carbocycles. The van der Waals surface area contributed by atoms with Crippen molar-refractivity contribution in [2.24, 2.45) is 5.92 Å². The van der Waals surface area contributed by atoms with Gasteiger partial charge >= 0.3 is 0 Å². The van der Waals surface area contributed by atoms with Crippen molar-refractivity contribution in [3.05, 3.63) is 52.2 Å². The molecule has 0 bridgehead atoms. The summed E-state index contributed by atoms with van der Waals surface area (Å²) in [5, 5.41) is 5.64. The standard InChI is InChI=1S/C20H30N2O2S2/c1-3-21-16-18(6-4-7-20-8-5-15-25-20)10-9-17-11-13-19(14-12-17)22-26(2,23)24/h5,8,11-15,18,21-22H,3-4,6-7,9-10,16H2,1-2H3. The number of benzene rings is 1. The first-order chi connectivity index (χ1) is 12.5. The molecule has 0 amide bonds. The van der Waals surface area contributed by atoms with Gasteiger partial charge in [-0.1, -0.05) is 25.1 Å². The number of nitrogens with one attached hydrogen (secondary N) is 2. The fourth-order valence-corrected chi connectivity index (χ4v) is 4.36. The molecule has 1 unspecified atom stereocenters. The van der Waals surface area contributed by atoms with Crippen LogP contribution >= 0.6 is 11.3 Å². The van der Waals surface area contributed by atoms with E-state index in [9.17, 15) is 8.42 Å². The van der Waals surface area contributed by atoms with E-state index in [4.69, 9.17) is 0 Å². The van der Waals surface area contributed by atoms with E-state index in [0.717, 1.165) is 25.9 Å². The van der Waals surface area contributed by atoms with E-state index in [-0.39, 0.29) is 0 Å². The number of thiophene rings is 1. The normalized spacial score (nSPS) is 12.8. The Kier molecular flexibility index (Phi) is 8.62. The predicted octanol–water partition coefficient (Wildman–Crippen LogP) is 4.30. The van der Waals surface area contributed by atoms with Gasteiger partial charge in [0, 0.05) is 10.6 Å². The minimum absolute atomic E-state index is 0.622. The molecule has 2 rings (SSSR count). The summed E-state index contributed by atoms with van der Waals surface area (Å²) in [7, 11) is -3.21. The van der Waals surface area contributed by atoms with Crippen molar-refractivity contribution < 1.29 is 8.42 Å². The van der Waals surface area contributed by atoms with Crippen molar-refractivity contribution >= 4 is 27.0 Å². The smallest absolute Gasteiger partial charge is 0.229 e. The minimum atomic E-state index is -3.21. The number of hydrogen-bond donors (Lipinski definition) is 2. The maximum absolute atomic E-state index is 11.3. The topological polar surface area (TPSA) is 58.2 Å². The van der Waals surface area contributed by atoms with Crippen LogP contribution in [0, 0.1) is 5.92 Å². The molecule has 1 atom stereocenters. The van der Waals surface area contributed by atoms with E-state index >= 15 is 0 Å². The summed E-state index contributed by atoms with van der Waals surface area (Å²) in [6.45, 7) is 4.22. The first-order valence-electron chi connectivity index (χ1n) is 9.26. The number of rotatable bonds is 12. The van der Waals surface area contributed by atoms with Gasteiger partial charge in [-0.2, -0.15) is 0 Å². The largest absolute Gasteiger partial charge is 0.317 e. The second-order valence-electron chi connectivity index (χ2n) is 6.76. The Morgan fingerprint density at radius 2 is 1.85 bits per heavy atom. The van der Waals surface area contributed by atoms with Gasteiger partial charge in [0.05, 0.1) is 6.26 Å². The van der Waals surface area contributed by atoms with E-state index in [1.54, 1.807) is 0 Å². The summed E-state index contributed by atoms with van der Waals surface area (Å²) in [6.07, 6.45) is 6.98. The molecule has 1 aromatic heterocycles. The molecule has 0 spiro atoms. The van der Waals surface area contributed by atoms with Crippen LogP contribution in [-0.2, 0) is 22.9 Å². The molecule has 0 saturated carbocycles. The van der Waals surface area contributed by atoms with Crippen molar-refractivity contribution in [1.29, 1.82) is 0 Å². The van der Waals surface area contributed by atoms with Crippen molar-refractivity contribution in [2.45, 2.75) is 39.0 Å². The molecule has 1 heterocycles. The number of aryl methyl sites for hydroxylation is 2. The van der Waals surface area contributed by atoms with Crippen LogP contribution in [0.5, 0.6) is 0 Å². The van der Waals surface area contributed by atoms with E-state index in [1.165, 1.54) is 36.0 Å². The molecule has 26 heavy (non-hydrogen) atoms. The third-order valence-corrected chi connectivity index (χ3v) is 5.94. The predicted molar refractivity (Wildman–Crippen MR) is 113 cm³/mol. The summed E-state index contributed by atoms with van der Waals surface area (Å²) in [5.41, 5.74) is 1.88. The quantitative estimate of drug-likeness (QED) is 0.564. The van der Waals surface area contributed by atoms with Crippen LogP contribution in [0.3, 0.4) is 0 Å². The highest BCUT2D eigenvalue weighted by atomic mass is 32.2. The monoisotopic (exact) mass is 394 g/mol. The number of sulfonamides is 1. The molecule has 144 valence electrons. The highest BCUT2D eigenvalue weighted by molar-refractivity contribution is 7.92. The maximum Gasteiger partial charge on any atom is 0.229 e. The highest BCUT2D eigenvalue weighted by Crippen LogP contribution is 2.19. The van der Waals surface area contributed by atoms with Gasteiger partial charge in [0.1, 0.15) is 0 Å². The third kappa shape index (κ3) is 8.34. The molecular formula is C20H30N2O2S2. The third-order valence-electron chi connectivity index (χ3n) is 4.40. The summed E-state index contributed by atoms with van der Waals surface area (Å²) < 4.78 is 25.0. The zero-order valence-corrected chi connectivity index (χ0v) is 17.3. The fourth-order valence-electron chi connectivity index (χ4n) is 3.04. The zero-order chi connectivity index (χ0) is 18.8. The van der Waals surface area contributed by atoms with Gasteiger partial charge in [0.25, 0.3) is 0 Å². The Labute approximate surface area is 162 Å². The highest BCUT2D eigenvalue weighted by Gasteiger charge is 2.09. The number of hydrogen-bond acceptors (Lipinski definition) is 4. The lowest BCUT2D eigenvalue weighted by Crippen LogP contribution is -2.23. The molecule has 2 aromatic rings. The van der Waals surface area contributed by atoms with Crippen molar-refractivity contribution in [3.63, 3.8) is 0 Å². The van der Waals surface area contributed by atoms with Crippen LogP contribution in [0.1, 0.15) is 36.6 Å². The van der Waals surface area contributed by atoms with E-state index < -0.39 is 10.0 Å². The molecule has 0 saturated heterocycles. The first kappa shape index (κ1) is 20.9. The minimum Gasteiger partial charge on any atom is -0.317 e. The second kappa shape index (κ2) is 10.7. The summed E-state index contributed by atoms with van der Waals surface area (Å²) in [5.74, 6) is 0.670. The molecule has 2 N–H and O–H groups in total. The average Bonchev–Trinajstić information content (AvgIpc) is 3.10. The van der Waals surface area contributed by atoms with Gasteiger partial charge < -0.3 is 5.32 Å². The Bertz CT molecular complexity index is 726. The Hall–Kier alpha value is -1.37. The van der Waals surface area contributed by atoms with Crippen LogP contribution in [-0.4, -0.2) is 27.8 Å². The lowest BCUT2D eigenvalue weighted by Gasteiger charge is -2.17. The zero-order valence-electron chi connectivity index (χ0n) is 15.7. The van der Waals surface area contributed by atoms with Gasteiger partial charge in [0.15, 0.2) is 0 Å². The molecule has 0 radical (unpaired) electrons. The molecule has 4 nitrogen and oxygen atoms in total. The van der Waals surface area contributed by atoms with Crippen molar-refractivity contribution in [2.75, 3.05) is 24.1 Å². The van der Waals surface area contributed by atoms with Crippen molar-refractivity contribution in [3.8, 4) is 0 Å². The van der Waals surface area contributed by atoms with Crippen LogP contribution in [0.15, 0.2) is 41.8 Å². The molecule has 0 aliphatic heterocycles. The van der Waals surface area contributed by atoms with Gasteiger partial charge in [-0.05, 0) is 80.3 Å². The maximum atomic E-state index is 11.3. The lowest BCUT2D eigenvalue weighted by molar-refractivity contribution is 0.412. The fraction of sp³-hybridized carbons (Fsp3) is 0.500. The Morgan fingerprint density at radius 3 is 2.46 bits per heavy atom. The van der Waals surface area contributed by atoms with E-state index in [2.05, 4.69) is 34.5 Å². The van der Waals surface area contributed by atoms with Gasteiger partial charge in [-0.15, -0.1) is 11.3 Å². The van der Waals surface area contributed by atoms with E-state index in [0.29, 0.717) is 11.6 Å². The Balaban J connectivity index is 1.81. The van der Waals surface area contributed by atoms with Crippen LogP contribution in [0.25, 0.3) is 0 Å². The van der Waals surface area contributed by atoms with Crippen LogP contribution < -0.4 is 10.0 Å².